The van der Waals surface area contributed by atoms with Gasteiger partial charge in [0, 0.05) is 11.5 Å². The van der Waals surface area contributed by atoms with E-state index in [0.29, 0.717) is 23.0 Å². The fourth-order valence-corrected chi connectivity index (χ4v) is 5.15. The number of hydrogen-bond acceptors (Lipinski definition) is 7. The van der Waals surface area contributed by atoms with Gasteiger partial charge in [-0.3, -0.25) is 19.8 Å². The van der Waals surface area contributed by atoms with E-state index >= 15 is 0 Å². The summed E-state index contributed by atoms with van der Waals surface area (Å²) >= 11 is 1.39. The van der Waals surface area contributed by atoms with Crippen LogP contribution in [0.25, 0.3) is 0 Å². The Balaban J connectivity index is 1.61. The molecule has 2 aromatic rings. The molecule has 0 saturated heterocycles. The van der Waals surface area contributed by atoms with Gasteiger partial charge in [0.05, 0.1) is 4.90 Å². The number of fused-ring (bicyclic) bond motifs is 1. The molecule has 2 N–H and O–H groups in total. The molecular weight excluding hydrogens is 398 g/mol. The Bertz CT molecular complexity index is 1040. The van der Waals surface area contributed by atoms with Crippen molar-refractivity contribution in [3.63, 3.8) is 0 Å². The van der Waals surface area contributed by atoms with Gasteiger partial charge in [-0.2, -0.15) is 0 Å². The summed E-state index contributed by atoms with van der Waals surface area (Å²) in [6.45, 7) is 3.88. The topological polar surface area (TPSA) is 113 Å². The van der Waals surface area contributed by atoms with Crippen LogP contribution in [0.3, 0.4) is 0 Å². The first-order valence-corrected chi connectivity index (χ1v) is 11.5. The van der Waals surface area contributed by atoms with Crippen molar-refractivity contribution in [3.8, 4) is 0 Å². The molecule has 1 aliphatic heterocycles. The summed E-state index contributed by atoms with van der Waals surface area (Å²) in [5.74, 6) is 0.273. The maximum Gasteiger partial charge on any atom is 0.263 e. The molecule has 0 unspecified atom stereocenters. The smallest absolute Gasteiger partial charge is 0.263 e. The largest absolute Gasteiger partial charge is 0.299 e. The number of hydrogen-bond donors (Lipinski definition) is 2. The summed E-state index contributed by atoms with van der Waals surface area (Å²) in [5.41, 5.74) is 0.482. The van der Waals surface area contributed by atoms with E-state index < -0.39 is 16.1 Å². The number of aromatic nitrogens is 2. The normalized spacial score (nSPS) is 21.0. The van der Waals surface area contributed by atoms with Gasteiger partial charge in [0.1, 0.15) is 16.9 Å². The Kier molecular flexibility index (Phi) is 4.92. The van der Waals surface area contributed by atoms with Crippen molar-refractivity contribution in [1.82, 2.24) is 14.9 Å². The molecule has 2 atom stereocenters. The van der Waals surface area contributed by atoms with Crippen LogP contribution in [0, 0.1) is 5.92 Å². The van der Waals surface area contributed by atoms with Gasteiger partial charge >= 0.3 is 0 Å². The predicted octanol–water partition coefficient (Wildman–Crippen LogP) is 2.51. The third-order valence-electron chi connectivity index (χ3n) is 4.98. The van der Waals surface area contributed by atoms with E-state index in [2.05, 4.69) is 25.2 Å². The highest BCUT2D eigenvalue weighted by molar-refractivity contribution is 7.90. The van der Waals surface area contributed by atoms with E-state index in [9.17, 15) is 13.2 Å². The Morgan fingerprint density at radius 1 is 1.36 bits per heavy atom. The zero-order valence-corrected chi connectivity index (χ0v) is 17.2. The van der Waals surface area contributed by atoms with Crippen LogP contribution in [0.2, 0.25) is 0 Å². The molecule has 2 aliphatic rings. The van der Waals surface area contributed by atoms with E-state index in [1.807, 2.05) is 13.8 Å². The molecule has 1 aromatic heterocycles. The van der Waals surface area contributed by atoms with Gasteiger partial charge in [0.15, 0.2) is 0 Å². The predicted molar refractivity (Wildman–Crippen MR) is 107 cm³/mol. The number of nitrogens with one attached hydrogen (secondary N) is 2. The molecule has 28 heavy (non-hydrogen) atoms. The summed E-state index contributed by atoms with van der Waals surface area (Å²) in [4.78, 5) is 17.6. The molecule has 2 heterocycles. The van der Waals surface area contributed by atoms with Crippen LogP contribution in [-0.2, 0) is 14.8 Å². The highest BCUT2D eigenvalue weighted by Crippen LogP contribution is 2.42. The van der Waals surface area contributed by atoms with Crippen molar-refractivity contribution in [2.75, 3.05) is 5.32 Å². The lowest BCUT2D eigenvalue weighted by atomic mass is 9.99. The van der Waals surface area contributed by atoms with Crippen molar-refractivity contribution in [3.05, 3.63) is 34.8 Å². The van der Waals surface area contributed by atoms with Gasteiger partial charge < -0.3 is 0 Å². The van der Waals surface area contributed by atoms with E-state index in [4.69, 9.17) is 0 Å². The second-order valence-corrected chi connectivity index (χ2v) is 9.78. The van der Waals surface area contributed by atoms with Crippen LogP contribution in [0.15, 0.2) is 34.2 Å². The standard InChI is InChI=1S/C18H21N5O3S2/c1-3-10(2)14(16(24)20-18-22-21-17(27-18)11-8-9-11)19-15-12-6-4-5-7-13(12)28(25,26)23-15/h4-7,10-11,14H,3,8-9H2,1-2H3,(H,19,23)(H,20,22,24)/t10-,14-/m0/s1. The number of amidine groups is 1. The third-order valence-corrected chi connectivity index (χ3v) is 7.38. The van der Waals surface area contributed by atoms with Crippen LogP contribution < -0.4 is 10.0 Å². The summed E-state index contributed by atoms with van der Waals surface area (Å²) in [6.07, 6.45) is 2.95. The van der Waals surface area contributed by atoms with E-state index in [1.54, 1.807) is 18.2 Å². The highest BCUT2D eigenvalue weighted by Gasteiger charge is 2.33. The van der Waals surface area contributed by atoms with Crippen LogP contribution in [0.5, 0.6) is 0 Å². The lowest BCUT2D eigenvalue weighted by Gasteiger charge is -2.18. The monoisotopic (exact) mass is 419 g/mol. The number of rotatable bonds is 6. The zero-order chi connectivity index (χ0) is 19.9. The van der Waals surface area contributed by atoms with Gasteiger partial charge in [0.2, 0.25) is 5.13 Å². The minimum absolute atomic E-state index is 0.0828. The Hall–Kier alpha value is -2.33. The first-order valence-electron chi connectivity index (χ1n) is 9.23. The Labute approximate surface area is 167 Å². The number of sulfonamides is 1. The maximum absolute atomic E-state index is 12.9. The summed E-state index contributed by atoms with van der Waals surface area (Å²) < 4.78 is 27.1. The molecule has 1 aromatic carbocycles. The molecule has 148 valence electrons. The molecule has 0 bridgehead atoms. The lowest BCUT2D eigenvalue weighted by molar-refractivity contribution is -0.118. The minimum Gasteiger partial charge on any atom is -0.299 e. The lowest BCUT2D eigenvalue weighted by Crippen LogP contribution is -2.34. The summed E-state index contributed by atoms with van der Waals surface area (Å²) in [6, 6.07) is 5.87. The average molecular weight is 420 g/mol. The van der Waals surface area contributed by atoms with Crippen molar-refractivity contribution in [2.24, 2.45) is 10.9 Å². The molecule has 10 heteroatoms. The van der Waals surface area contributed by atoms with E-state index in [-0.39, 0.29) is 22.6 Å². The summed E-state index contributed by atoms with van der Waals surface area (Å²) in [7, 11) is -3.65. The number of amides is 1. The Morgan fingerprint density at radius 2 is 2.11 bits per heavy atom. The van der Waals surface area contributed by atoms with Crippen LogP contribution in [0.1, 0.15) is 49.6 Å². The second kappa shape index (κ2) is 7.25. The quantitative estimate of drug-likeness (QED) is 0.747. The molecule has 8 nitrogen and oxygen atoms in total. The van der Waals surface area contributed by atoms with Gasteiger partial charge in [-0.05, 0) is 30.9 Å². The fraction of sp³-hybridized carbons (Fsp3) is 0.444. The average Bonchev–Trinajstić information content (AvgIpc) is 3.37. The Morgan fingerprint density at radius 3 is 2.82 bits per heavy atom. The number of nitrogens with zero attached hydrogens (tertiary/aromatic N) is 3. The van der Waals surface area contributed by atoms with Crippen molar-refractivity contribution < 1.29 is 13.2 Å². The minimum atomic E-state index is -3.65. The molecule has 0 radical (unpaired) electrons. The van der Waals surface area contributed by atoms with Crippen LogP contribution >= 0.6 is 11.3 Å². The number of carbonyl (C=O) groups is 1. The van der Waals surface area contributed by atoms with Gasteiger partial charge in [-0.1, -0.05) is 43.7 Å². The molecular formula is C18H21N5O3S2. The van der Waals surface area contributed by atoms with E-state index in [0.717, 1.165) is 17.8 Å². The molecule has 0 spiro atoms. The second-order valence-electron chi connectivity index (χ2n) is 7.12. The van der Waals surface area contributed by atoms with Crippen LogP contribution in [-0.4, -0.2) is 36.4 Å². The highest BCUT2D eigenvalue weighted by atomic mass is 32.2. The third kappa shape index (κ3) is 3.66. The SMILES string of the molecule is CC[C@H](C)[C@H](N=C1NS(=O)(=O)c2ccccc21)C(=O)Nc1nnc(C2CC2)s1. The van der Waals surface area contributed by atoms with Crippen LogP contribution in [0.4, 0.5) is 5.13 Å². The number of anilines is 1. The molecule has 1 aliphatic carbocycles. The number of aliphatic imine (C=N–C) groups is 1. The van der Waals surface area contributed by atoms with E-state index in [1.165, 1.54) is 17.4 Å². The van der Waals surface area contributed by atoms with Crippen molar-refractivity contribution in [2.45, 2.75) is 50.0 Å². The summed E-state index contributed by atoms with van der Waals surface area (Å²) in [5, 5.41) is 12.4. The molecule has 1 amide bonds. The fourth-order valence-electron chi connectivity index (χ4n) is 3.00. The van der Waals surface area contributed by atoms with Gasteiger partial charge in [-0.25, -0.2) is 8.42 Å². The van der Waals surface area contributed by atoms with Crippen molar-refractivity contribution >= 4 is 38.2 Å². The first kappa shape index (κ1) is 19.0. The molecule has 4 rings (SSSR count). The molecule has 1 fully saturated rings. The number of benzene rings is 1. The maximum atomic E-state index is 12.9. The number of carbonyl (C=O) groups excluding carboxylic acids is 1. The van der Waals surface area contributed by atoms with Crippen molar-refractivity contribution in [1.29, 1.82) is 0 Å². The first-order chi connectivity index (χ1) is 13.4. The van der Waals surface area contributed by atoms with Gasteiger partial charge in [0.25, 0.3) is 15.9 Å². The zero-order valence-electron chi connectivity index (χ0n) is 15.5. The van der Waals surface area contributed by atoms with Gasteiger partial charge in [-0.15, -0.1) is 10.2 Å². The molecule has 1 saturated carbocycles.